The Labute approximate surface area is 198 Å². The molecule has 2 N–H and O–H groups in total. The number of halogens is 3. The van der Waals surface area contributed by atoms with Gasteiger partial charge in [0.2, 0.25) is 0 Å². The van der Waals surface area contributed by atoms with E-state index in [4.69, 9.17) is 0 Å². The van der Waals surface area contributed by atoms with Gasteiger partial charge in [-0.15, -0.1) is 0 Å². The number of piperidine rings is 1. The minimum Gasteiger partial charge on any atom is -0.356 e. The van der Waals surface area contributed by atoms with Gasteiger partial charge in [0.25, 0.3) is 11.5 Å². The molecular weight excluding hydrogens is 445 g/mol. The van der Waals surface area contributed by atoms with Crippen LogP contribution in [0.5, 0.6) is 0 Å². The van der Waals surface area contributed by atoms with E-state index in [0.29, 0.717) is 34.6 Å². The van der Waals surface area contributed by atoms with Gasteiger partial charge < -0.3 is 15.2 Å². The van der Waals surface area contributed by atoms with Gasteiger partial charge >= 0.3 is 6.18 Å². The second-order valence-electron chi connectivity index (χ2n) is 9.03. The van der Waals surface area contributed by atoms with Crippen molar-refractivity contribution >= 4 is 11.6 Å². The van der Waals surface area contributed by atoms with E-state index >= 15 is 0 Å². The third-order valence-electron chi connectivity index (χ3n) is 6.61. The number of aryl methyl sites for hydroxylation is 2. The van der Waals surface area contributed by atoms with Crippen LogP contribution in [0, 0.1) is 20.8 Å². The number of carbonyl (C=O) groups is 1. The zero-order valence-electron chi connectivity index (χ0n) is 20.4. The Bertz CT molecular complexity index is 1110. The van der Waals surface area contributed by atoms with Gasteiger partial charge in [0.05, 0.1) is 11.7 Å². The van der Waals surface area contributed by atoms with Gasteiger partial charge in [-0.25, -0.2) is 0 Å². The van der Waals surface area contributed by atoms with Gasteiger partial charge in [-0.1, -0.05) is 0 Å². The predicted molar refractivity (Wildman–Crippen MR) is 127 cm³/mol. The van der Waals surface area contributed by atoms with Crippen LogP contribution < -0.4 is 15.8 Å². The molecule has 2 heterocycles. The van der Waals surface area contributed by atoms with E-state index < -0.39 is 17.6 Å². The Hall–Kier alpha value is -2.81. The van der Waals surface area contributed by atoms with Crippen LogP contribution in [0.4, 0.5) is 18.9 Å². The molecule has 1 atom stereocenters. The maximum Gasteiger partial charge on any atom is 0.416 e. The number of rotatable bonds is 6. The van der Waals surface area contributed by atoms with E-state index in [0.717, 1.165) is 37.9 Å². The summed E-state index contributed by atoms with van der Waals surface area (Å²) in [5.41, 5.74) is 1.46. The smallest absolute Gasteiger partial charge is 0.356 e. The van der Waals surface area contributed by atoms with Gasteiger partial charge in [0.1, 0.15) is 0 Å². The maximum absolute atomic E-state index is 13.8. The van der Waals surface area contributed by atoms with Crippen molar-refractivity contribution in [3.05, 3.63) is 62.1 Å². The number of aromatic nitrogens is 1. The van der Waals surface area contributed by atoms with E-state index in [1.165, 1.54) is 0 Å². The molecule has 1 aromatic carbocycles. The summed E-state index contributed by atoms with van der Waals surface area (Å²) >= 11 is 0. The normalized spacial score (nSPS) is 17.0. The highest BCUT2D eigenvalue weighted by atomic mass is 19.4. The third-order valence-corrected chi connectivity index (χ3v) is 6.61. The number of benzene rings is 1. The van der Waals surface area contributed by atoms with E-state index in [1.54, 1.807) is 26.8 Å². The summed E-state index contributed by atoms with van der Waals surface area (Å²) in [6.07, 6.45) is -1.74. The summed E-state index contributed by atoms with van der Waals surface area (Å²) in [5.74, 6) is -0.641. The minimum absolute atomic E-state index is 0.0365. The van der Waals surface area contributed by atoms with Crippen LogP contribution in [0.15, 0.2) is 23.0 Å². The molecule has 0 saturated carbocycles. The van der Waals surface area contributed by atoms with Crippen LogP contribution in [0.25, 0.3) is 0 Å². The van der Waals surface area contributed by atoms with Crippen molar-refractivity contribution in [3.63, 3.8) is 0 Å². The highest BCUT2D eigenvalue weighted by Gasteiger charge is 2.35. The standard InChI is InChI=1S/C25H33F3N4O2/c1-6-32(22-9-7-8-10-31(22)5)21-13-18(25(26,27)28)12-19(17(21)4)23(33)29-14-20-15(2)11-16(3)30-24(20)34/h11-13,22H,6-10,14H2,1-5H3,(H,29,33)(H,30,34). The molecule has 3 rings (SSSR count). The van der Waals surface area contributed by atoms with E-state index in [2.05, 4.69) is 15.2 Å². The zero-order chi connectivity index (χ0) is 25.2. The van der Waals surface area contributed by atoms with Crippen LogP contribution in [-0.4, -0.2) is 42.1 Å². The first-order valence-corrected chi connectivity index (χ1v) is 11.6. The fourth-order valence-corrected chi connectivity index (χ4v) is 4.75. The number of hydrogen-bond donors (Lipinski definition) is 2. The molecule has 1 saturated heterocycles. The number of nitrogens with one attached hydrogen (secondary N) is 2. The fraction of sp³-hybridized carbons (Fsp3) is 0.520. The predicted octanol–water partition coefficient (Wildman–Crippen LogP) is 4.52. The number of anilines is 1. The Morgan fingerprint density at radius 1 is 1.21 bits per heavy atom. The molecule has 6 nitrogen and oxygen atoms in total. The number of carbonyl (C=O) groups excluding carboxylic acids is 1. The highest BCUT2D eigenvalue weighted by Crippen LogP contribution is 2.37. The lowest BCUT2D eigenvalue weighted by molar-refractivity contribution is -0.137. The lowest BCUT2D eigenvalue weighted by Crippen LogP contribution is -2.49. The van der Waals surface area contributed by atoms with Gasteiger partial charge in [-0.2, -0.15) is 13.2 Å². The quantitative estimate of drug-likeness (QED) is 0.641. The van der Waals surface area contributed by atoms with E-state index in [1.807, 2.05) is 18.9 Å². The van der Waals surface area contributed by atoms with Crippen LogP contribution in [0.1, 0.15) is 64.5 Å². The number of alkyl halides is 3. The molecule has 1 unspecified atom stereocenters. The third kappa shape index (κ3) is 5.46. The van der Waals surface area contributed by atoms with Crippen LogP contribution in [0.3, 0.4) is 0 Å². The second-order valence-corrected chi connectivity index (χ2v) is 9.03. The maximum atomic E-state index is 13.8. The minimum atomic E-state index is -4.60. The molecule has 1 aliphatic heterocycles. The number of hydrogen-bond acceptors (Lipinski definition) is 4. The van der Waals surface area contributed by atoms with Crippen molar-refractivity contribution in [2.45, 2.75) is 65.8 Å². The Morgan fingerprint density at radius 2 is 1.91 bits per heavy atom. The average molecular weight is 479 g/mol. The molecule has 1 amide bonds. The number of nitrogens with zero attached hydrogens (tertiary/aromatic N) is 2. The van der Waals surface area contributed by atoms with Crippen molar-refractivity contribution in [2.75, 3.05) is 25.0 Å². The molecule has 1 fully saturated rings. The van der Waals surface area contributed by atoms with Crippen LogP contribution >= 0.6 is 0 Å². The van der Waals surface area contributed by atoms with Gasteiger partial charge in [0.15, 0.2) is 0 Å². The van der Waals surface area contributed by atoms with Crippen molar-refractivity contribution < 1.29 is 18.0 Å². The topological polar surface area (TPSA) is 68.4 Å². The van der Waals surface area contributed by atoms with Crippen molar-refractivity contribution in [1.29, 1.82) is 0 Å². The number of likely N-dealkylation sites (tertiary alicyclic amines) is 1. The van der Waals surface area contributed by atoms with Gasteiger partial charge in [0, 0.05) is 35.6 Å². The first kappa shape index (κ1) is 25.8. The molecule has 0 spiro atoms. The van der Waals surface area contributed by atoms with Crippen LogP contribution in [-0.2, 0) is 12.7 Å². The average Bonchev–Trinajstić information content (AvgIpc) is 2.74. The van der Waals surface area contributed by atoms with Crippen molar-refractivity contribution in [3.8, 4) is 0 Å². The van der Waals surface area contributed by atoms with E-state index in [-0.39, 0.29) is 23.8 Å². The van der Waals surface area contributed by atoms with Crippen LogP contribution in [0.2, 0.25) is 0 Å². The monoisotopic (exact) mass is 478 g/mol. The highest BCUT2D eigenvalue weighted by molar-refractivity contribution is 5.97. The molecule has 0 radical (unpaired) electrons. The fourth-order valence-electron chi connectivity index (χ4n) is 4.75. The first-order chi connectivity index (χ1) is 15.9. The lowest BCUT2D eigenvalue weighted by atomic mass is 9.98. The lowest BCUT2D eigenvalue weighted by Gasteiger charge is -2.42. The number of aromatic amines is 1. The van der Waals surface area contributed by atoms with Gasteiger partial charge in [-0.05, 0) is 89.9 Å². The van der Waals surface area contributed by atoms with E-state index in [9.17, 15) is 22.8 Å². The SMILES string of the molecule is CCN(c1cc(C(F)(F)F)cc(C(=O)NCc2c(C)cc(C)[nH]c2=O)c1C)C1CCCCN1C. The van der Waals surface area contributed by atoms with Crippen molar-refractivity contribution in [2.24, 2.45) is 0 Å². The molecule has 0 aliphatic carbocycles. The molecule has 1 aliphatic rings. The molecule has 186 valence electrons. The molecular formula is C25H33F3N4O2. The molecule has 2 aromatic rings. The summed E-state index contributed by atoms with van der Waals surface area (Å²) in [4.78, 5) is 32.2. The zero-order valence-corrected chi connectivity index (χ0v) is 20.4. The summed E-state index contributed by atoms with van der Waals surface area (Å²) in [7, 11) is 1.98. The number of amides is 1. The number of pyridine rings is 1. The number of H-pyrrole nitrogens is 1. The molecule has 34 heavy (non-hydrogen) atoms. The molecule has 1 aromatic heterocycles. The summed E-state index contributed by atoms with van der Waals surface area (Å²) in [5, 5.41) is 2.65. The molecule has 9 heteroatoms. The summed E-state index contributed by atoms with van der Waals surface area (Å²) in [6.45, 7) is 8.42. The Kier molecular flexibility index (Phi) is 7.75. The second kappa shape index (κ2) is 10.2. The van der Waals surface area contributed by atoms with Crippen molar-refractivity contribution in [1.82, 2.24) is 15.2 Å². The first-order valence-electron chi connectivity index (χ1n) is 11.6. The largest absolute Gasteiger partial charge is 0.416 e. The Morgan fingerprint density at radius 3 is 2.50 bits per heavy atom. The summed E-state index contributed by atoms with van der Waals surface area (Å²) in [6, 6.07) is 3.84. The Balaban J connectivity index is 2.00. The molecule has 0 bridgehead atoms. The summed E-state index contributed by atoms with van der Waals surface area (Å²) < 4.78 is 41.5. The van der Waals surface area contributed by atoms with Gasteiger partial charge in [-0.3, -0.25) is 14.5 Å².